The molecular weight excluding hydrogens is 278 g/mol. The summed E-state index contributed by atoms with van der Waals surface area (Å²) in [6.07, 6.45) is 6.14. The highest BCUT2D eigenvalue weighted by molar-refractivity contribution is 7.12. The molecule has 0 aliphatic heterocycles. The van der Waals surface area contributed by atoms with E-state index in [1.54, 1.807) is 11.3 Å². The molecule has 1 aliphatic rings. The quantitative estimate of drug-likeness (QED) is 0.658. The van der Waals surface area contributed by atoms with E-state index in [-0.39, 0.29) is 5.92 Å². The third kappa shape index (κ3) is 2.12. The second-order valence-electron chi connectivity index (χ2n) is 5.69. The first-order chi connectivity index (χ1) is 10.3. The summed E-state index contributed by atoms with van der Waals surface area (Å²) in [6, 6.07) is 12.6. The molecule has 1 aliphatic carbocycles. The van der Waals surface area contributed by atoms with Crippen LogP contribution in [-0.4, -0.2) is 10.4 Å². The van der Waals surface area contributed by atoms with Gasteiger partial charge in [0, 0.05) is 23.9 Å². The number of ketones is 1. The molecule has 0 saturated heterocycles. The third-order valence-electron chi connectivity index (χ3n) is 4.42. The topological polar surface area (TPSA) is 22.0 Å². The second kappa shape index (κ2) is 5.15. The Morgan fingerprint density at radius 3 is 2.81 bits per heavy atom. The molecular formula is C18H17NOS. The Morgan fingerprint density at radius 1 is 1.10 bits per heavy atom. The number of hydrogen-bond acceptors (Lipinski definition) is 2. The maximum atomic E-state index is 12.3. The Morgan fingerprint density at radius 2 is 2.00 bits per heavy atom. The van der Waals surface area contributed by atoms with Gasteiger partial charge in [0.05, 0.1) is 10.5 Å². The molecule has 2 heterocycles. The average molecular weight is 295 g/mol. The minimum atomic E-state index is 0.0878. The zero-order valence-corrected chi connectivity index (χ0v) is 12.6. The number of fused-ring (bicyclic) bond motifs is 1. The van der Waals surface area contributed by atoms with Crippen molar-refractivity contribution in [3.05, 3.63) is 53.5 Å². The van der Waals surface area contributed by atoms with Crippen LogP contribution in [0.25, 0.3) is 15.9 Å². The van der Waals surface area contributed by atoms with Crippen LogP contribution in [0.4, 0.5) is 0 Å². The minimum absolute atomic E-state index is 0.0878. The number of thiophene rings is 1. The van der Waals surface area contributed by atoms with E-state index >= 15 is 0 Å². The van der Waals surface area contributed by atoms with Gasteiger partial charge in [-0.1, -0.05) is 24.6 Å². The van der Waals surface area contributed by atoms with Crippen LogP contribution in [0.3, 0.4) is 0 Å². The van der Waals surface area contributed by atoms with E-state index < -0.39 is 0 Å². The Kier molecular flexibility index (Phi) is 3.15. The van der Waals surface area contributed by atoms with Crippen molar-refractivity contribution in [2.75, 3.05) is 0 Å². The number of carbonyl (C=O) groups excluding carboxylic acids is 1. The van der Waals surface area contributed by atoms with Gasteiger partial charge in [0.2, 0.25) is 0 Å². The monoisotopic (exact) mass is 295 g/mol. The first-order valence-corrected chi connectivity index (χ1v) is 8.39. The highest BCUT2D eigenvalue weighted by Crippen LogP contribution is 2.37. The molecule has 1 saturated carbocycles. The maximum absolute atomic E-state index is 12.3. The molecule has 2 nitrogen and oxygen atoms in total. The van der Waals surface area contributed by atoms with Gasteiger partial charge >= 0.3 is 0 Å². The first-order valence-electron chi connectivity index (χ1n) is 7.51. The van der Waals surface area contributed by atoms with Gasteiger partial charge in [0.1, 0.15) is 5.78 Å². The Bertz CT molecular complexity index is 785. The number of benzene rings is 1. The number of nitrogens with zero attached hydrogens (tertiary/aromatic N) is 1. The fraction of sp³-hybridized carbons (Fsp3) is 0.278. The second-order valence-corrected chi connectivity index (χ2v) is 6.61. The summed E-state index contributed by atoms with van der Waals surface area (Å²) < 4.78 is 2.23. The lowest BCUT2D eigenvalue weighted by molar-refractivity contribution is -0.121. The van der Waals surface area contributed by atoms with Crippen molar-refractivity contribution >= 4 is 28.0 Å². The van der Waals surface area contributed by atoms with Crippen molar-refractivity contribution in [2.45, 2.75) is 31.6 Å². The minimum Gasteiger partial charge on any atom is -0.308 e. The van der Waals surface area contributed by atoms with Crippen LogP contribution in [0, 0.1) is 0 Å². The molecule has 0 bridgehead atoms. The number of rotatable bonds is 2. The van der Waals surface area contributed by atoms with E-state index in [2.05, 4.69) is 52.5 Å². The lowest BCUT2D eigenvalue weighted by Crippen LogP contribution is -2.16. The summed E-state index contributed by atoms with van der Waals surface area (Å²) in [5, 5.41) is 4.53. The first kappa shape index (κ1) is 12.8. The van der Waals surface area contributed by atoms with Gasteiger partial charge in [-0.05, 0) is 42.0 Å². The van der Waals surface area contributed by atoms with Gasteiger partial charge in [0.25, 0.3) is 0 Å². The molecule has 106 valence electrons. The summed E-state index contributed by atoms with van der Waals surface area (Å²) in [4.78, 5) is 12.3. The van der Waals surface area contributed by atoms with Crippen LogP contribution >= 0.6 is 11.3 Å². The molecule has 1 fully saturated rings. The van der Waals surface area contributed by atoms with Gasteiger partial charge in [-0.15, -0.1) is 11.3 Å². The van der Waals surface area contributed by atoms with E-state index in [1.807, 2.05) is 0 Å². The Hall–Kier alpha value is -1.87. The lowest BCUT2D eigenvalue weighted by atomic mass is 9.83. The number of para-hydroxylation sites is 1. The highest BCUT2D eigenvalue weighted by Gasteiger charge is 2.27. The molecule has 0 radical (unpaired) electrons. The summed E-state index contributed by atoms with van der Waals surface area (Å²) in [6.45, 7) is 0. The fourth-order valence-corrected chi connectivity index (χ4v) is 4.10. The van der Waals surface area contributed by atoms with Gasteiger partial charge in [-0.25, -0.2) is 0 Å². The predicted octanol–water partition coefficient (Wildman–Crippen LogP) is 4.92. The van der Waals surface area contributed by atoms with Crippen LogP contribution in [0.1, 0.15) is 37.2 Å². The van der Waals surface area contributed by atoms with Crippen LogP contribution in [0.5, 0.6) is 0 Å². The molecule has 4 rings (SSSR count). The molecule has 3 heteroatoms. The average Bonchev–Trinajstić information content (AvgIpc) is 3.15. The highest BCUT2D eigenvalue weighted by atomic mass is 32.1. The van der Waals surface area contributed by atoms with Crippen LogP contribution in [-0.2, 0) is 4.79 Å². The van der Waals surface area contributed by atoms with E-state index in [4.69, 9.17) is 0 Å². The van der Waals surface area contributed by atoms with Crippen molar-refractivity contribution in [2.24, 2.45) is 0 Å². The fourth-order valence-electron chi connectivity index (χ4n) is 3.38. The number of Topliss-reactive ketones (excluding diaryl/α,β-unsaturated/α-hetero) is 1. The Balaban J connectivity index is 1.91. The van der Waals surface area contributed by atoms with E-state index in [0.29, 0.717) is 5.78 Å². The lowest BCUT2D eigenvalue weighted by Gasteiger charge is -2.19. The van der Waals surface area contributed by atoms with Gasteiger partial charge in [-0.2, -0.15) is 0 Å². The van der Waals surface area contributed by atoms with Crippen molar-refractivity contribution in [3.63, 3.8) is 0 Å². The third-order valence-corrected chi connectivity index (χ3v) is 5.28. The van der Waals surface area contributed by atoms with Gasteiger partial charge in [0.15, 0.2) is 0 Å². The zero-order valence-electron chi connectivity index (χ0n) is 11.8. The molecule has 1 aromatic carbocycles. The van der Waals surface area contributed by atoms with Crippen molar-refractivity contribution in [1.29, 1.82) is 0 Å². The van der Waals surface area contributed by atoms with E-state index in [9.17, 15) is 4.79 Å². The molecule has 0 amide bonds. The van der Waals surface area contributed by atoms with Crippen molar-refractivity contribution in [1.82, 2.24) is 4.57 Å². The molecule has 2 aromatic heterocycles. The standard InChI is InChI=1S/C18H17NOS/c20-17-9-4-2-7-14(17)15-12-19(18-10-5-11-21-18)16-8-3-1-6-13(15)16/h1,3,5-6,8,10-12,14H,2,4,7,9H2. The number of carbonyl (C=O) groups is 1. The van der Waals surface area contributed by atoms with Crippen LogP contribution in [0.2, 0.25) is 0 Å². The molecule has 0 N–H and O–H groups in total. The molecule has 1 unspecified atom stereocenters. The smallest absolute Gasteiger partial charge is 0.140 e. The summed E-state index contributed by atoms with van der Waals surface area (Å²) in [7, 11) is 0. The SMILES string of the molecule is O=C1CCCCC1c1cn(-c2cccs2)c2ccccc12. The van der Waals surface area contributed by atoms with E-state index in [0.717, 1.165) is 25.7 Å². The molecule has 1 atom stereocenters. The summed E-state index contributed by atoms with van der Waals surface area (Å²) in [5.41, 5.74) is 2.41. The predicted molar refractivity (Wildman–Crippen MR) is 87.4 cm³/mol. The van der Waals surface area contributed by atoms with Gasteiger partial charge in [-0.3, -0.25) is 4.79 Å². The van der Waals surface area contributed by atoms with Gasteiger partial charge < -0.3 is 4.57 Å². The largest absolute Gasteiger partial charge is 0.308 e. The maximum Gasteiger partial charge on any atom is 0.140 e. The Labute approximate surface area is 128 Å². The zero-order chi connectivity index (χ0) is 14.2. The molecule has 3 aromatic rings. The normalized spacial score (nSPS) is 19.2. The van der Waals surface area contributed by atoms with E-state index in [1.165, 1.54) is 21.5 Å². The summed E-state index contributed by atoms with van der Waals surface area (Å²) in [5.74, 6) is 0.500. The van der Waals surface area contributed by atoms with Crippen LogP contribution < -0.4 is 0 Å². The van der Waals surface area contributed by atoms with Crippen molar-refractivity contribution in [3.8, 4) is 5.00 Å². The number of aromatic nitrogens is 1. The van der Waals surface area contributed by atoms with Crippen molar-refractivity contribution < 1.29 is 4.79 Å². The molecule has 21 heavy (non-hydrogen) atoms. The summed E-state index contributed by atoms with van der Waals surface area (Å²) >= 11 is 1.73. The number of hydrogen-bond donors (Lipinski definition) is 0. The van der Waals surface area contributed by atoms with Crippen LogP contribution in [0.15, 0.2) is 48.0 Å². The molecule has 0 spiro atoms.